The van der Waals surface area contributed by atoms with Gasteiger partial charge in [-0.15, -0.1) is 0 Å². The molecule has 1 heterocycles. The van der Waals surface area contributed by atoms with Crippen LogP contribution in [0.5, 0.6) is 0 Å². The van der Waals surface area contributed by atoms with Crippen molar-refractivity contribution in [2.24, 2.45) is 0 Å². The number of hydrogen-bond acceptors (Lipinski definition) is 3. The van der Waals surface area contributed by atoms with Gasteiger partial charge in [-0.3, -0.25) is 0 Å². The van der Waals surface area contributed by atoms with E-state index in [1.54, 1.807) is 0 Å². The molecule has 0 aromatic heterocycles. The molecule has 0 bridgehead atoms. The van der Waals surface area contributed by atoms with Crippen molar-refractivity contribution in [3.63, 3.8) is 0 Å². The summed E-state index contributed by atoms with van der Waals surface area (Å²) in [6.07, 6.45) is 2.44. The average Bonchev–Trinajstić information content (AvgIpc) is 2.03. The first-order valence-electron chi connectivity index (χ1n) is 3.56. The van der Waals surface area contributed by atoms with Crippen molar-refractivity contribution in [1.29, 1.82) is 0 Å². The van der Waals surface area contributed by atoms with Crippen molar-refractivity contribution in [3.05, 3.63) is 0 Å². The first-order valence-corrected chi connectivity index (χ1v) is 3.56. The minimum atomic E-state index is 0.152. The maximum atomic E-state index is 9.95. The summed E-state index contributed by atoms with van der Waals surface area (Å²) in [6, 6.07) is 0. The number of ether oxygens (including phenoxy) is 2. The van der Waals surface area contributed by atoms with E-state index in [1.807, 2.05) is 0 Å². The van der Waals surface area contributed by atoms with E-state index in [2.05, 4.69) is 0 Å². The maximum Gasteiger partial charge on any atom is 0.120 e. The molecule has 0 N–H and O–H groups in total. The summed E-state index contributed by atoms with van der Waals surface area (Å²) >= 11 is 0. The Morgan fingerprint density at radius 3 is 3.00 bits per heavy atom. The summed E-state index contributed by atoms with van der Waals surface area (Å²) < 4.78 is 10.4. The van der Waals surface area contributed by atoms with Crippen molar-refractivity contribution >= 4 is 6.29 Å². The minimum absolute atomic E-state index is 0.152. The molecule has 1 unspecified atom stereocenters. The molecule has 0 aromatic carbocycles. The Bertz CT molecular complexity index is 97.0. The van der Waals surface area contributed by atoms with Crippen LogP contribution in [0.4, 0.5) is 0 Å². The summed E-state index contributed by atoms with van der Waals surface area (Å²) in [7, 11) is 0. The maximum absolute atomic E-state index is 9.95. The van der Waals surface area contributed by atoms with Crippen LogP contribution in [0.1, 0.15) is 12.8 Å². The molecule has 3 heteroatoms. The van der Waals surface area contributed by atoms with Gasteiger partial charge in [0.15, 0.2) is 0 Å². The second-order valence-corrected chi connectivity index (χ2v) is 2.31. The highest BCUT2D eigenvalue weighted by atomic mass is 16.6. The molecule has 3 nitrogen and oxygen atoms in total. The van der Waals surface area contributed by atoms with E-state index in [0.29, 0.717) is 26.2 Å². The van der Waals surface area contributed by atoms with Gasteiger partial charge in [0, 0.05) is 6.42 Å². The standard InChI is InChI=1S/C7H12O3/c8-3-1-2-7-6-9-4-5-10-7/h3,7H,1-2,4-6H2. The average molecular weight is 144 g/mol. The van der Waals surface area contributed by atoms with E-state index >= 15 is 0 Å². The predicted octanol–water partition coefficient (Wildman–Crippen LogP) is 0.381. The lowest BCUT2D eigenvalue weighted by Gasteiger charge is -2.21. The van der Waals surface area contributed by atoms with E-state index in [9.17, 15) is 4.79 Å². The second kappa shape index (κ2) is 4.41. The molecule has 0 spiro atoms. The number of carbonyl (C=O) groups is 1. The van der Waals surface area contributed by atoms with Gasteiger partial charge >= 0.3 is 0 Å². The summed E-state index contributed by atoms with van der Waals surface area (Å²) in [5.41, 5.74) is 0. The first-order chi connectivity index (χ1) is 4.93. The Morgan fingerprint density at radius 2 is 2.40 bits per heavy atom. The van der Waals surface area contributed by atoms with E-state index in [-0.39, 0.29) is 6.10 Å². The monoisotopic (exact) mass is 144 g/mol. The third-order valence-corrected chi connectivity index (χ3v) is 1.49. The van der Waals surface area contributed by atoms with Crippen molar-refractivity contribution in [1.82, 2.24) is 0 Å². The largest absolute Gasteiger partial charge is 0.376 e. The number of carbonyl (C=O) groups excluding carboxylic acids is 1. The number of aldehydes is 1. The van der Waals surface area contributed by atoms with Crippen molar-refractivity contribution < 1.29 is 14.3 Å². The van der Waals surface area contributed by atoms with Crippen LogP contribution in [0.3, 0.4) is 0 Å². The van der Waals surface area contributed by atoms with E-state index < -0.39 is 0 Å². The lowest BCUT2D eigenvalue weighted by molar-refractivity contribution is -0.111. The molecule has 1 aliphatic heterocycles. The van der Waals surface area contributed by atoms with Crippen molar-refractivity contribution in [2.75, 3.05) is 19.8 Å². The van der Waals surface area contributed by atoms with Gasteiger partial charge < -0.3 is 14.3 Å². The lowest BCUT2D eigenvalue weighted by atomic mass is 10.2. The molecule has 0 aromatic rings. The van der Waals surface area contributed by atoms with Gasteiger partial charge in [-0.1, -0.05) is 0 Å². The Morgan fingerprint density at radius 1 is 1.50 bits per heavy atom. The molecule has 1 aliphatic rings. The third-order valence-electron chi connectivity index (χ3n) is 1.49. The van der Waals surface area contributed by atoms with Crippen LogP contribution in [-0.2, 0) is 14.3 Å². The topological polar surface area (TPSA) is 35.5 Å². The Kier molecular flexibility index (Phi) is 3.40. The van der Waals surface area contributed by atoms with E-state index in [4.69, 9.17) is 9.47 Å². The van der Waals surface area contributed by atoms with Crippen LogP contribution in [0.15, 0.2) is 0 Å². The molecular weight excluding hydrogens is 132 g/mol. The van der Waals surface area contributed by atoms with Gasteiger partial charge in [0.2, 0.25) is 0 Å². The Hall–Kier alpha value is -0.410. The summed E-state index contributed by atoms with van der Waals surface area (Å²) in [5, 5.41) is 0. The van der Waals surface area contributed by atoms with Crippen LogP contribution in [0.2, 0.25) is 0 Å². The molecule has 0 amide bonds. The van der Waals surface area contributed by atoms with Crippen molar-refractivity contribution in [2.45, 2.75) is 18.9 Å². The zero-order valence-corrected chi connectivity index (χ0v) is 5.91. The summed E-state index contributed by atoms with van der Waals surface area (Å²) in [4.78, 5) is 9.95. The fourth-order valence-electron chi connectivity index (χ4n) is 0.957. The molecule has 0 saturated carbocycles. The Balaban J connectivity index is 2.07. The zero-order chi connectivity index (χ0) is 7.23. The van der Waals surface area contributed by atoms with Crippen LogP contribution < -0.4 is 0 Å². The molecule has 0 radical (unpaired) electrons. The highest BCUT2D eigenvalue weighted by Gasteiger charge is 2.12. The van der Waals surface area contributed by atoms with Gasteiger partial charge in [-0.2, -0.15) is 0 Å². The predicted molar refractivity (Wildman–Crippen MR) is 35.9 cm³/mol. The fraction of sp³-hybridized carbons (Fsp3) is 0.857. The fourth-order valence-corrected chi connectivity index (χ4v) is 0.957. The highest BCUT2D eigenvalue weighted by molar-refractivity contribution is 5.49. The second-order valence-electron chi connectivity index (χ2n) is 2.31. The van der Waals surface area contributed by atoms with Crippen LogP contribution in [-0.4, -0.2) is 32.2 Å². The molecular formula is C7H12O3. The van der Waals surface area contributed by atoms with Gasteiger partial charge in [-0.25, -0.2) is 0 Å². The minimum Gasteiger partial charge on any atom is -0.376 e. The smallest absolute Gasteiger partial charge is 0.120 e. The van der Waals surface area contributed by atoms with E-state index in [0.717, 1.165) is 12.7 Å². The zero-order valence-electron chi connectivity index (χ0n) is 5.91. The van der Waals surface area contributed by atoms with Crippen LogP contribution in [0, 0.1) is 0 Å². The molecule has 1 rings (SSSR count). The van der Waals surface area contributed by atoms with Gasteiger partial charge in [0.05, 0.1) is 25.9 Å². The van der Waals surface area contributed by atoms with Gasteiger partial charge in [0.1, 0.15) is 6.29 Å². The first kappa shape index (κ1) is 7.69. The molecule has 0 aliphatic carbocycles. The molecule has 1 atom stereocenters. The number of rotatable bonds is 3. The van der Waals surface area contributed by atoms with Gasteiger partial charge in [-0.05, 0) is 6.42 Å². The Labute approximate surface area is 60.3 Å². The lowest BCUT2D eigenvalue weighted by Crippen LogP contribution is -2.28. The summed E-state index contributed by atoms with van der Waals surface area (Å²) in [5.74, 6) is 0. The van der Waals surface area contributed by atoms with Crippen LogP contribution in [0.25, 0.3) is 0 Å². The summed E-state index contributed by atoms with van der Waals surface area (Å²) in [6.45, 7) is 2.01. The third kappa shape index (κ3) is 2.45. The van der Waals surface area contributed by atoms with E-state index in [1.165, 1.54) is 0 Å². The SMILES string of the molecule is O=CCCC1COCCO1. The quantitative estimate of drug-likeness (QED) is 0.537. The van der Waals surface area contributed by atoms with Crippen molar-refractivity contribution in [3.8, 4) is 0 Å². The van der Waals surface area contributed by atoms with Gasteiger partial charge in [0.25, 0.3) is 0 Å². The molecule has 10 heavy (non-hydrogen) atoms. The highest BCUT2D eigenvalue weighted by Crippen LogP contribution is 2.05. The normalized spacial score (nSPS) is 26.2. The molecule has 1 fully saturated rings. The number of hydrogen-bond donors (Lipinski definition) is 0. The molecule has 1 saturated heterocycles. The molecule has 58 valence electrons. The van der Waals surface area contributed by atoms with Crippen LogP contribution >= 0.6 is 0 Å².